The number of aromatic nitrogens is 2. The van der Waals surface area contributed by atoms with Crippen LogP contribution in [-0.4, -0.2) is 21.1 Å². The number of nitrogens with zero attached hydrogens (tertiary/aromatic N) is 3. The minimum Gasteiger partial charge on any atom is -0.457 e. The van der Waals surface area contributed by atoms with E-state index in [0.29, 0.717) is 0 Å². The highest BCUT2D eigenvalue weighted by Crippen LogP contribution is 2.37. The molecule has 0 fully saturated rings. The smallest absolute Gasteiger partial charge is 0.416 e. The van der Waals surface area contributed by atoms with Gasteiger partial charge in [0.1, 0.15) is 28.8 Å². The molecule has 0 amide bonds. The summed E-state index contributed by atoms with van der Waals surface area (Å²) in [6.45, 7) is 0. The van der Waals surface area contributed by atoms with E-state index in [-0.39, 0.29) is 33.6 Å². The van der Waals surface area contributed by atoms with Gasteiger partial charge in [0.2, 0.25) is 0 Å². The molecule has 8 nitrogen and oxygen atoms in total. The number of aromatic amines is 1. The zero-order chi connectivity index (χ0) is 22.8. The molecule has 0 radical (unpaired) electrons. The average molecular weight is 448 g/mol. The second-order valence-corrected chi connectivity index (χ2v) is 6.77. The molecule has 158 valence electrons. The summed E-state index contributed by atoms with van der Waals surface area (Å²) in [4.78, 5) is 29.4. The van der Waals surface area contributed by atoms with Crippen LogP contribution in [0.3, 0.4) is 0 Å². The van der Waals surface area contributed by atoms with Gasteiger partial charge in [-0.2, -0.15) is 18.4 Å². The van der Waals surface area contributed by atoms with Crippen LogP contribution < -0.4 is 10.3 Å². The van der Waals surface area contributed by atoms with E-state index < -0.39 is 27.8 Å². The van der Waals surface area contributed by atoms with E-state index in [0.717, 1.165) is 48.2 Å². The molecule has 1 heterocycles. The average Bonchev–Trinajstić information content (AvgIpc) is 2.73. The number of non-ortho nitro benzene ring substituents is 1. The molecule has 0 saturated heterocycles. The molecule has 3 rings (SSSR count). The number of nitro benzene ring substituents is 1. The van der Waals surface area contributed by atoms with Gasteiger partial charge in [0.05, 0.1) is 16.1 Å². The number of hydrogen-bond acceptors (Lipinski definition) is 7. The summed E-state index contributed by atoms with van der Waals surface area (Å²) in [6.07, 6.45) is -2.90. The third kappa shape index (κ3) is 4.67. The number of hydrogen-bond donors (Lipinski definition) is 1. The van der Waals surface area contributed by atoms with Crippen molar-refractivity contribution in [2.75, 3.05) is 6.26 Å². The van der Waals surface area contributed by atoms with Crippen LogP contribution in [0.2, 0.25) is 0 Å². The molecule has 31 heavy (non-hydrogen) atoms. The largest absolute Gasteiger partial charge is 0.457 e. The van der Waals surface area contributed by atoms with Crippen LogP contribution in [0, 0.1) is 21.4 Å². The van der Waals surface area contributed by atoms with Crippen molar-refractivity contribution in [1.29, 1.82) is 5.26 Å². The van der Waals surface area contributed by atoms with Crippen molar-refractivity contribution in [1.82, 2.24) is 9.97 Å². The van der Waals surface area contributed by atoms with Crippen molar-refractivity contribution < 1.29 is 22.8 Å². The molecule has 1 aromatic heterocycles. The lowest BCUT2D eigenvalue weighted by molar-refractivity contribution is -0.384. The summed E-state index contributed by atoms with van der Waals surface area (Å²) in [7, 11) is 0. The Hall–Kier alpha value is -3.85. The Balaban J connectivity index is 2.16. The molecule has 0 spiro atoms. The first kappa shape index (κ1) is 21.8. The quantitative estimate of drug-likeness (QED) is 0.259. The molecular weight excluding hydrogens is 437 g/mol. The summed E-state index contributed by atoms with van der Waals surface area (Å²) in [5, 5.41) is 20.8. The number of nitro groups is 1. The van der Waals surface area contributed by atoms with Crippen LogP contribution in [0.4, 0.5) is 18.9 Å². The van der Waals surface area contributed by atoms with Crippen molar-refractivity contribution in [2.45, 2.75) is 11.3 Å². The monoisotopic (exact) mass is 448 g/mol. The van der Waals surface area contributed by atoms with Crippen LogP contribution >= 0.6 is 11.8 Å². The molecule has 12 heteroatoms. The van der Waals surface area contributed by atoms with Crippen molar-refractivity contribution >= 4 is 17.4 Å². The number of rotatable bonds is 5. The minimum atomic E-state index is -4.53. The van der Waals surface area contributed by atoms with Crippen molar-refractivity contribution in [3.8, 4) is 28.8 Å². The molecule has 2 aromatic carbocycles. The zero-order valence-electron chi connectivity index (χ0n) is 15.6. The van der Waals surface area contributed by atoms with Crippen LogP contribution in [-0.2, 0) is 6.18 Å². The maximum atomic E-state index is 12.8. The van der Waals surface area contributed by atoms with Crippen molar-refractivity contribution in [2.24, 2.45) is 0 Å². The summed E-state index contributed by atoms with van der Waals surface area (Å²) >= 11 is 1.08. The van der Waals surface area contributed by atoms with E-state index in [1.165, 1.54) is 6.07 Å². The number of benzene rings is 2. The number of nitriles is 1. The molecule has 0 aliphatic heterocycles. The molecule has 0 aliphatic carbocycles. The summed E-state index contributed by atoms with van der Waals surface area (Å²) in [5.41, 5.74) is -2.56. The first-order chi connectivity index (χ1) is 14.6. The Morgan fingerprint density at radius 1 is 1.23 bits per heavy atom. The van der Waals surface area contributed by atoms with E-state index in [2.05, 4.69) is 9.97 Å². The molecule has 0 saturated carbocycles. The number of thioether (sulfide) groups is 1. The third-order valence-electron chi connectivity index (χ3n) is 4.04. The molecule has 0 unspecified atom stereocenters. The number of nitrogens with one attached hydrogen (secondary N) is 1. The highest BCUT2D eigenvalue weighted by Gasteiger charge is 2.30. The number of H-pyrrole nitrogens is 1. The topological polar surface area (TPSA) is 122 Å². The number of ether oxygens (including phenoxy) is 1. The van der Waals surface area contributed by atoms with Crippen molar-refractivity contribution in [3.63, 3.8) is 0 Å². The van der Waals surface area contributed by atoms with Crippen LogP contribution in [0.25, 0.3) is 11.3 Å². The van der Waals surface area contributed by atoms with Gasteiger partial charge in [0.25, 0.3) is 11.2 Å². The number of halogens is 3. The van der Waals surface area contributed by atoms with Crippen LogP contribution in [0.15, 0.2) is 52.4 Å². The lowest BCUT2D eigenvalue weighted by Crippen LogP contribution is -2.15. The van der Waals surface area contributed by atoms with Gasteiger partial charge in [-0.25, -0.2) is 4.98 Å². The molecule has 0 aliphatic rings. The second kappa shape index (κ2) is 8.49. The Bertz CT molecular complexity index is 1250. The predicted molar refractivity (Wildman–Crippen MR) is 105 cm³/mol. The maximum absolute atomic E-state index is 12.8. The highest BCUT2D eigenvalue weighted by molar-refractivity contribution is 7.98. The molecular formula is C19H11F3N4O4S. The Labute approximate surface area is 176 Å². The van der Waals surface area contributed by atoms with Crippen LogP contribution in [0.5, 0.6) is 11.5 Å². The van der Waals surface area contributed by atoms with Gasteiger partial charge < -0.3 is 9.72 Å². The summed E-state index contributed by atoms with van der Waals surface area (Å²) in [6, 6.07) is 8.92. The summed E-state index contributed by atoms with van der Waals surface area (Å²) < 4.78 is 43.9. The van der Waals surface area contributed by atoms with E-state index in [4.69, 9.17) is 4.74 Å². The van der Waals surface area contributed by atoms with Gasteiger partial charge in [-0.1, -0.05) is 11.8 Å². The lowest BCUT2D eigenvalue weighted by Gasteiger charge is -2.13. The Morgan fingerprint density at radius 2 is 1.90 bits per heavy atom. The van der Waals surface area contributed by atoms with E-state index in [1.807, 2.05) is 0 Å². The molecule has 0 bridgehead atoms. The van der Waals surface area contributed by atoms with Gasteiger partial charge in [0, 0.05) is 12.1 Å². The molecule has 3 aromatic rings. The van der Waals surface area contributed by atoms with Gasteiger partial charge >= 0.3 is 6.18 Å². The normalized spacial score (nSPS) is 11.1. The minimum absolute atomic E-state index is 0.0107. The van der Waals surface area contributed by atoms with Crippen molar-refractivity contribution in [3.05, 3.63) is 74.1 Å². The van der Waals surface area contributed by atoms with E-state index in [9.17, 15) is 33.3 Å². The standard InChI is InChI=1S/C19H11F3N4O4S/c1-31-18-24-16(14(9-23)17(27)25-18)13-8-11(26(28)29)4-7-15(13)30-12-5-2-10(3-6-12)19(20,21)22/h2-8H,1H3,(H,24,25,27). The second-order valence-electron chi connectivity index (χ2n) is 5.97. The van der Waals surface area contributed by atoms with Gasteiger partial charge in [-0.05, 0) is 36.6 Å². The van der Waals surface area contributed by atoms with Gasteiger partial charge in [-0.3, -0.25) is 14.9 Å². The maximum Gasteiger partial charge on any atom is 0.416 e. The Kier molecular flexibility index (Phi) is 5.98. The van der Waals surface area contributed by atoms with E-state index >= 15 is 0 Å². The van der Waals surface area contributed by atoms with E-state index in [1.54, 1.807) is 12.3 Å². The SMILES string of the molecule is CSc1nc(-c2cc([N+](=O)[O-])ccc2Oc2ccc(C(F)(F)F)cc2)c(C#N)c(=O)[nH]1. The molecule has 0 atom stereocenters. The Morgan fingerprint density at radius 3 is 2.45 bits per heavy atom. The highest BCUT2D eigenvalue weighted by atomic mass is 32.2. The first-order valence-electron chi connectivity index (χ1n) is 8.36. The first-order valence-corrected chi connectivity index (χ1v) is 9.59. The van der Waals surface area contributed by atoms with Crippen LogP contribution in [0.1, 0.15) is 11.1 Å². The third-order valence-corrected chi connectivity index (χ3v) is 4.62. The lowest BCUT2D eigenvalue weighted by atomic mass is 10.1. The number of alkyl halides is 3. The van der Waals surface area contributed by atoms with Gasteiger partial charge in [-0.15, -0.1) is 0 Å². The van der Waals surface area contributed by atoms with Gasteiger partial charge in [0.15, 0.2) is 5.16 Å². The summed E-state index contributed by atoms with van der Waals surface area (Å²) in [5.74, 6) is -0.0245. The molecule has 1 N–H and O–H groups in total. The fourth-order valence-corrected chi connectivity index (χ4v) is 2.97. The fraction of sp³-hybridized carbons (Fsp3) is 0.105. The zero-order valence-corrected chi connectivity index (χ0v) is 16.4. The predicted octanol–water partition coefficient (Wildman–Crippen LogP) is 4.75. The fourth-order valence-electron chi connectivity index (χ4n) is 2.59.